The Morgan fingerprint density at radius 3 is 2.73 bits per heavy atom. The van der Waals surface area contributed by atoms with E-state index in [1.54, 1.807) is 11.0 Å². The maximum atomic E-state index is 13.2. The van der Waals surface area contributed by atoms with Gasteiger partial charge >= 0.3 is 0 Å². The van der Waals surface area contributed by atoms with E-state index in [1.165, 1.54) is 18.2 Å². The number of ether oxygens (including phenoxy) is 3. The molecule has 1 spiro atoms. The highest BCUT2D eigenvalue weighted by Gasteiger charge is 2.40. The lowest BCUT2D eigenvalue weighted by atomic mass is 10.0. The molecule has 3 heterocycles. The molecule has 1 aromatic heterocycles. The Bertz CT molecular complexity index is 908. The second kappa shape index (κ2) is 9.13. The van der Waals surface area contributed by atoms with Crippen LogP contribution in [0.1, 0.15) is 27.7 Å². The summed E-state index contributed by atoms with van der Waals surface area (Å²) < 4.78 is 30.0. The van der Waals surface area contributed by atoms with Crippen LogP contribution in [0.5, 0.6) is 0 Å². The smallest absolute Gasteiger partial charge is 0.286 e. The Kier molecular flexibility index (Phi) is 6.32. The molecule has 0 aliphatic carbocycles. The molecule has 9 nitrogen and oxygen atoms in total. The first-order chi connectivity index (χ1) is 14.5. The van der Waals surface area contributed by atoms with Crippen LogP contribution in [0.3, 0.4) is 0 Å². The quantitative estimate of drug-likeness (QED) is 0.737. The van der Waals surface area contributed by atoms with Crippen LogP contribution in [0.2, 0.25) is 0 Å². The number of rotatable bonds is 6. The van der Waals surface area contributed by atoms with Crippen LogP contribution in [0.15, 0.2) is 24.3 Å². The number of anilines is 1. The minimum Gasteiger partial charge on any atom is -0.364 e. The molecule has 4 rings (SSSR count). The molecule has 1 aromatic carbocycles. The van der Waals surface area contributed by atoms with Gasteiger partial charge in [-0.3, -0.25) is 9.59 Å². The van der Waals surface area contributed by atoms with Crippen molar-refractivity contribution >= 4 is 28.8 Å². The zero-order valence-corrected chi connectivity index (χ0v) is 17.0. The van der Waals surface area contributed by atoms with E-state index in [-0.39, 0.29) is 24.1 Å². The van der Waals surface area contributed by atoms with Crippen molar-refractivity contribution in [2.24, 2.45) is 0 Å². The fraction of sp³-hybridized carbons (Fsp3) is 0.474. The molecule has 2 fully saturated rings. The highest BCUT2D eigenvalue weighted by Crippen LogP contribution is 2.31. The third-order valence-corrected chi connectivity index (χ3v) is 5.78. The normalized spacial score (nSPS) is 18.0. The van der Waals surface area contributed by atoms with E-state index in [9.17, 15) is 14.0 Å². The predicted molar refractivity (Wildman–Crippen MR) is 104 cm³/mol. The number of halogens is 1. The second-order valence-corrected chi connectivity index (χ2v) is 8.01. The number of benzene rings is 1. The first-order valence-corrected chi connectivity index (χ1v) is 10.4. The van der Waals surface area contributed by atoms with Crippen molar-refractivity contribution in [2.45, 2.75) is 25.2 Å². The minimum absolute atomic E-state index is 0.0701. The van der Waals surface area contributed by atoms with Crippen molar-refractivity contribution in [2.75, 3.05) is 38.2 Å². The molecule has 1 N–H and O–H groups in total. The van der Waals surface area contributed by atoms with Gasteiger partial charge < -0.3 is 24.4 Å². The number of amides is 2. The lowest BCUT2D eigenvalue weighted by Gasteiger charge is -2.37. The van der Waals surface area contributed by atoms with Gasteiger partial charge in [0, 0.05) is 31.6 Å². The molecule has 11 heteroatoms. The van der Waals surface area contributed by atoms with Gasteiger partial charge in [0.05, 0.1) is 13.2 Å². The summed E-state index contributed by atoms with van der Waals surface area (Å²) in [5.41, 5.74) is 0.329. The van der Waals surface area contributed by atoms with Gasteiger partial charge in [0.2, 0.25) is 10.9 Å². The standard InChI is InChI=1S/C19H21FN4O5S/c20-13-2-1-3-14(10-13)21-17(26)18-23-22-15(30-18)11-27-12-16(25)24-6-4-19(5-7-24)28-8-9-29-19/h1-3,10H,4-9,11-12H2,(H,21,26). The van der Waals surface area contributed by atoms with Crippen LogP contribution in [-0.2, 0) is 25.6 Å². The Balaban J connectivity index is 1.21. The number of carbonyl (C=O) groups excluding carboxylic acids is 2. The number of aromatic nitrogens is 2. The SMILES string of the molecule is O=C(Nc1cccc(F)c1)c1nnc(COCC(=O)N2CCC3(CC2)OCCO3)s1. The second-order valence-electron chi connectivity index (χ2n) is 6.95. The average Bonchev–Trinajstić information content (AvgIpc) is 3.39. The third-order valence-electron chi connectivity index (χ3n) is 4.89. The molecular formula is C19H21FN4O5S. The fourth-order valence-electron chi connectivity index (χ4n) is 3.35. The summed E-state index contributed by atoms with van der Waals surface area (Å²) in [6.45, 7) is 2.30. The van der Waals surface area contributed by atoms with Crippen LogP contribution in [0.25, 0.3) is 0 Å². The Morgan fingerprint density at radius 1 is 1.23 bits per heavy atom. The van der Waals surface area contributed by atoms with E-state index in [1.807, 2.05) is 0 Å². The Hall–Kier alpha value is -2.47. The zero-order chi connectivity index (χ0) is 21.0. The largest absolute Gasteiger partial charge is 0.364 e. The zero-order valence-electron chi connectivity index (χ0n) is 16.1. The summed E-state index contributed by atoms with van der Waals surface area (Å²) >= 11 is 1.05. The van der Waals surface area contributed by atoms with Crippen molar-refractivity contribution in [3.05, 3.63) is 40.1 Å². The lowest BCUT2D eigenvalue weighted by Crippen LogP contribution is -2.48. The maximum Gasteiger partial charge on any atom is 0.286 e. The summed E-state index contributed by atoms with van der Waals surface area (Å²) in [5.74, 6) is -1.57. The van der Waals surface area contributed by atoms with E-state index < -0.39 is 17.5 Å². The van der Waals surface area contributed by atoms with Crippen molar-refractivity contribution < 1.29 is 28.2 Å². The van der Waals surface area contributed by atoms with Gasteiger partial charge in [0.15, 0.2) is 5.79 Å². The lowest BCUT2D eigenvalue weighted by molar-refractivity contribution is -0.188. The molecule has 160 valence electrons. The summed E-state index contributed by atoms with van der Waals surface area (Å²) in [6, 6.07) is 5.57. The molecule has 0 saturated carbocycles. The van der Waals surface area contributed by atoms with E-state index in [0.29, 0.717) is 49.8 Å². The molecule has 0 atom stereocenters. The van der Waals surface area contributed by atoms with E-state index in [4.69, 9.17) is 14.2 Å². The summed E-state index contributed by atoms with van der Waals surface area (Å²) in [5, 5.41) is 10.9. The van der Waals surface area contributed by atoms with Gasteiger partial charge in [-0.2, -0.15) is 0 Å². The van der Waals surface area contributed by atoms with Crippen molar-refractivity contribution in [1.29, 1.82) is 0 Å². The number of carbonyl (C=O) groups is 2. The van der Waals surface area contributed by atoms with Gasteiger partial charge in [0.1, 0.15) is 24.0 Å². The third kappa shape index (κ3) is 4.98. The molecular weight excluding hydrogens is 415 g/mol. The number of piperidine rings is 1. The number of hydrogen-bond donors (Lipinski definition) is 1. The Morgan fingerprint density at radius 2 is 2.00 bits per heavy atom. The topological polar surface area (TPSA) is 103 Å². The van der Waals surface area contributed by atoms with Crippen LogP contribution in [0.4, 0.5) is 10.1 Å². The molecule has 0 unspecified atom stereocenters. The molecule has 30 heavy (non-hydrogen) atoms. The monoisotopic (exact) mass is 436 g/mol. The maximum absolute atomic E-state index is 13.2. The van der Waals surface area contributed by atoms with Gasteiger partial charge in [-0.15, -0.1) is 10.2 Å². The number of likely N-dealkylation sites (tertiary alicyclic amines) is 1. The van der Waals surface area contributed by atoms with Crippen LogP contribution in [0, 0.1) is 5.82 Å². The summed E-state index contributed by atoms with van der Waals surface area (Å²) in [7, 11) is 0. The first kappa shape index (κ1) is 20.8. The molecule has 2 saturated heterocycles. The molecule has 2 aromatic rings. The molecule has 2 aliphatic rings. The van der Waals surface area contributed by atoms with Crippen molar-refractivity contribution in [3.63, 3.8) is 0 Å². The Labute approximate surface area is 176 Å². The van der Waals surface area contributed by atoms with Gasteiger partial charge in [-0.1, -0.05) is 17.4 Å². The minimum atomic E-state index is -0.521. The number of nitrogens with one attached hydrogen (secondary N) is 1. The number of nitrogens with zero attached hydrogens (tertiary/aromatic N) is 3. The fourth-order valence-corrected chi connectivity index (χ4v) is 4.03. The van der Waals surface area contributed by atoms with Crippen molar-refractivity contribution in [1.82, 2.24) is 15.1 Å². The van der Waals surface area contributed by atoms with Crippen LogP contribution < -0.4 is 5.32 Å². The highest BCUT2D eigenvalue weighted by atomic mass is 32.1. The van der Waals surface area contributed by atoms with Crippen LogP contribution >= 0.6 is 11.3 Å². The predicted octanol–water partition coefficient (Wildman–Crippen LogP) is 1.81. The van der Waals surface area contributed by atoms with Gasteiger partial charge in [-0.25, -0.2) is 4.39 Å². The van der Waals surface area contributed by atoms with E-state index >= 15 is 0 Å². The molecule has 2 aliphatic heterocycles. The average molecular weight is 436 g/mol. The summed E-state index contributed by atoms with van der Waals surface area (Å²) in [4.78, 5) is 26.2. The van der Waals surface area contributed by atoms with E-state index in [2.05, 4.69) is 15.5 Å². The van der Waals surface area contributed by atoms with E-state index in [0.717, 1.165) is 11.3 Å². The van der Waals surface area contributed by atoms with Crippen molar-refractivity contribution in [3.8, 4) is 0 Å². The molecule has 2 amide bonds. The van der Waals surface area contributed by atoms with Gasteiger partial charge in [-0.05, 0) is 18.2 Å². The number of hydrogen-bond acceptors (Lipinski definition) is 8. The van der Waals surface area contributed by atoms with Crippen LogP contribution in [-0.4, -0.2) is 65.6 Å². The first-order valence-electron chi connectivity index (χ1n) is 9.56. The summed E-state index contributed by atoms with van der Waals surface area (Å²) in [6.07, 6.45) is 1.30. The van der Waals surface area contributed by atoms with Gasteiger partial charge in [0.25, 0.3) is 5.91 Å². The molecule has 0 bridgehead atoms. The molecule has 0 radical (unpaired) electrons. The highest BCUT2D eigenvalue weighted by molar-refractivity contribution is 7.13.